The molecule has 2 aromatic carbocycles. The summed E-state index contributed by atoms with van der Waals surface area (Å²) in [7, 11) is 0. The molecular weight excluding hydrogens is 510 g/mol. The van der Waals surface area contributed by atoms with Crippen LogP contribution in [-0.2, 0) is 13.0 Å². The van der Waals surface area contributed by atoms with Gasteiger partial charge in [0.25, 0.3) is 11.8 Å². The molecule has 198 valence electrons. The molecule has 10 heteroatoms. The van der Waals surface area contributed by atoms with Crippen LogP contribution in [0.4, 0.5) is 11.1 Å². The molecule has 1 atom stereocenters. The van der Waals surface area contributed by atoms with Gasteiger partial charge in [0, 0.05) is 42.5 Å². The Kier molecular flexibility index (Phi) is 6.80. The molecular formula is C29H29N7O2S. The average molecular weight is 540 g/mol. The number of H-pyrrole nitrogens is 1. The van der Waals surface area contributed by atoms with E-state index in [0.29, 0.717) is 27.6 Å². The minimum atomic E-state index is -0.387. The van der Waals surface area contributed by atoms with Crippen LogP contribution in [0.5, 0.6) is 0 Å². The fourth-order valence-corrected chi connectivity index (χ4v) is 5.89. The predicted molar refractivity (Wildman–Crippen MR) is 154 cm³/mol. The van der Waals surface area contributed by atoms with Crippen molar-refractivity contribution in [3.8, 4) is 0 Å². The highest BCUT2D eigenvalue weighted by Gasteiger charge is 2.23. The molecule has 0 aliphatic carbocycles. The Hall–Kier alpha value is -4.15. The number of thiazole rings is 1. The minimum absolute atomic E-state index is 0.247. The second kappa shape index (κ2) is 10.5. The maximum absolute atomic E-state index is 13.3. The van der Waals surface area contributed by atoms with Crippen LogP contribution in [0.2, 0.25) is 0 Å². The summed E-state index contributed by atoms with van der Waals surface area (Å²) in [5.74, 6) is 0.230. The zero-order chi connectivity index (χ0) is 26.9. The van der Waals surface area contributed by atoms with Crippen molar-refractivity contribution in [1.29, 1.82) is 0 Å². The number of nitrogens with one attached hydrogen (secondary N) is 3. The SMILES string of the molecule is CCC(C)CN1CCc2nc(NC(=O)c3cccc4[nH]c(NC(=O)c5cc6ccccc6cn5)nc34)sc2C1. The van der Waals surface area contributed by atoms with E-state index < -0.39 is 0 Å². The Morgan fingerprint density at radius 1 is 1.08 bits per heavy atom. The van der Waals surface area contributed by atoms with Crippen molar-refractivity contribution in [3.05, 3.63) is 76.6 Å². The van der Waals surface area contributed by atoms with Crippen molar-refractivity contribution in [2.75, 3.05) is 23.7 Å². The standard InChI is InChI=1S/C29H29N7O2S/c1-3-17(2)15-36-12-11-21-24(16-36)39-29(32-21)35-26(37)20-9-6-10-22-25(20)33-28(31-22)34-27(38)23-13-18-7-4-5-8-19(18)14-30-23/h4-10,13-14,17H,3,11-12,15-16H2,1-2H3,(H,32,35,37)(H2,31,33,34,38). The molecule has 3 aromatic heterocycles. The van der Waals surface area contributed by atoms with Crippen molar-refractivity contribution in [2.24, 2.45) is 5.92 Å². The van der Waals surface area contributed by atoms with Crippen LogP contribution >= 0.6 is 11.3 Å². The van der Waals surface area contributed by atoms with E-state index in [1.165, 1.54) is 16.2 Å². The third-order valence-corrected chi connectivity index (χ3v) is 8.15. The van der Waals surface area contributed by atoms with Crippen LogP contribution in [0, 0.1) is 5.92 Å². The van der Waals surface area contributed by atoms with Gasteiger partial charge in [-0.2, -0.15) is 0 Å². The molecule has 3 N–H and O–H groups in total. The Morgan fingerprint density at radius 3 is 2.77 bits per heavy atom. The number of aromatic amines is 1. The summed E-state index contributed by atoms with van der Waals surface area (Å²) in [6, 6.07) is 14.8. The Bertz CT molecular complexity index is 1690. The van der Waals surface area contributed by atoms with E-state index in [1.807, 2.05) is 30.3 Å². The quantitative estimate of drug-likeness (QED) is 0.252. The lowest BCUT2D eigenvalue weighted by Crippen LogP contribution is -2.33. The largest absolute Gasteiger partial charge is 0.324 e. The van der Waals surface area contributed by atoms with Gasteiger partial charge < -0.3 is 4.98 Å². The van der Waals surface area contributed by atoms with E-state index in [1.54, 1.807) is 24.4 Å². The minimum Gasteiger partial charge on any atom is -0.324 e. The molecule has 5 aromatic rings. The lowest BCUT2D eigenvalue weighted by molar-refractivity contribution is 0.101. The maximum Gasteiger partial charge on any atom is 0.276 e. The first-order valence-electron chi connectivity index (χ1n) is 13.1. The molecule has 0 radical (unpaired) electrons. The van der Waals surface area contributed by atoms with E-state index in [-0.39, 0.29) is 23.5 Å². The molecule has 0 saturated carbocycles. The summed E-state index contributed by atoms with van der Waals surface area (Å²) in [4.78, 5) is 46.4. The summed E-state index contributed by atoms with van der Waals surface area (Å²) < 4.78 is 0. The highest BCUT2D eigenvalue weighted by atomic mass is 32.1. The number of hydrogen-bond donors (Lipinski definition) is 3. The molecule has 9 nitrogen and oxygen atoms in total. The zero-order valence-corrected chi connectivity index (χ0v) is 22.6. The summed E-state index contributed by atoms with van der Waals surface area (Å²) in [5, 5.41) is 8.21. The molecule has 0 fully saturated rings. The van der Waals surface area contributed by atoms with Crippen molar-refractivity contribution in [3.63, 3.8) is 0 Å². The fraction of sp³-hybridized carbons (Fsp3) is 0.276. The van der Waals surface area contributed by atoms with Crippen LogP contribution in [0.15, 0.2) is 54.7 Å². The number of para-hydroxylation sites is 1. The second-order valence-corrected chi connectivity index (χ2v) is 11.1. The highest BCUT2D eigenvalue weighted by molar-refractivity contribution is 7.15. The van der Waals surface area contributed by atoms with Gasteiger partial charge in [0.05, 0.1) is 16.8 Å². The number of fused-ring (bicyclic) bond motifs is 3. The lowest BCUT2D eigenvalue weighted by atomic mass is 10.1. The van der Waals surface area contributed by atoms with Gasteiger partial charge in [0.2, 0.25) is 5.95 Å². The van der Waals surface area contributed by atoms with E-state index >= 15 is 0 Å². The highest BCUT2D eigenvalue weighted by Crippen LogP contribution is 2.30. The molecule has 1 aliphatic rings. The molecule has 0 saturated heterocycles. The van der Waals surface area contributed by atoms with Gasteiger partial charge in [0.1, 0.15) is 11.2 Å². The summed E-state index contributed by atoms with van der Waals surface area (Å²) in [5.41, 5.74) is 2.87. The first-order valence-corrected chi connectivity index (χ1v) is 14.0. The number of rotatable bonds is 7. The average Bonchev–Trinajstić information content (AvgIpc) is 3.55. The van der Waals surface area contributed by atoms with E-state index in [9.17, 15) is 9.59 Å². The number of imidazole rings is 1. The van der Waals surface area contributed by atoms with Crippen molar-refractivity contribution >= 4 is 56.0 Å². The molecule has 39 heavy (non-hydrogen) atoms. The number of anilines is 2. The summed E-state index contributed by atoms with van der Waals surface area (Å²) >= 11 is 1.54. The fourth-order valence-electron chi connectivity index (χ4n) is 4.85. The van der Waals surface area contributed by atoms with Crippen molar-refractivity contribution in [1.82, 2.24) is 24.8 Å². The number of pyridine rings is 1. The number of benzene rings is 2. The van der Waals surface area contributed by atoms with Gasteiger partial charge in [-0.15, -0.1) is 11.3 Å². The second-order valence-electron chi connectivity index (χ2n) is 10.00. The van der Waals surface area contributed by atoms with Crippen LogP contribution < -0.4 is 10.6 Å². The van der Waals surface area contributed by atoms with Crippen LogP contribution in [-0.4, -0.2) is 49.7 Å². The molecule has 4 heterocycles. The van der Waals surface area contributed by atoms with E-state index in [4.69, 9.17) is 4.98 Å². The van der Waals surface area contributed by atoms with Gasteiger partial charge in [-0.25, -0.2) is 9.97 Å². The van der Waals surface area contributed by atoms with E-state index in [2.05, 4.69) is 44.3 Å². The third-order valence-electron chi connectivity index (χ3n) is 7.15. The number of aromatic nitrogens is 4. The third kappa shape index (κ3) is 5.25. The predicted octanol–water partition coefficient (Wildman–Crippen LogP) is 5.48. The molecule has 1 unspecified atom stereocenters. The van der Waals surface area contributed by atoms with Gasteiger partial charge >= 0.3 is 0 Å². The molecule has 6 rings (SSSR count). The first-order chi connectivity index (χ1) is 19.0. The maximum atomic E-state index is 13.3. The lowest BCUT2D eigenvalue weighted by Gasteiger charge is -2.28. The number of amides is 2. The van der Waals surface area contributed by atoms with Crippen LogP contribution in [0.25, 0.3) is 21.8 Å². The number of carbonyl (C=O) groups is 2. The van der Waals surface area contributed by atoms with Crippen LogP contribution in [0.1, 0.15) is 51.7 Å². The monoisotopic (exact) mass is 539 g/mol. The number of hydrogen-bond acceptors (Lipinski definition) is 7. The zero-order valence-electron chi connectivity index (χ0n) is 21.8. The van der Waals surface area contributed by atoms with Crippen molar-refractivity contribution in [2.45, 2.75) is 33.2 Å². The van der Waals surface area contributed by atoms with Gasteiger partial charge in [-0.3, -0.25) is 30.1 Å². The first kappa shape index (κ1) is 25.1. The molecule has 2 amide bonds. The van der Waals surface area contributed by atoms with Crippen LogP contribution in [0.3, 0.4) is 0 Å². The van der Waals surface area contributed by atoms with Gasteiger partial charge in [0.15, 0.2) is 5.13 Å². The summed E-state index contributed by atoms with van der Waals surface area (Å²) in [6.07, 6.45) is 3.73. The topological polar surface area (TPSA) is 116 Å². The van der Waals surface area contributed by atoms with E-state index in [0.717, 1.165) is 48.9 Å². The Labute approximate surface area is 229 Å². The van der Waals surface area contributed by atoms with Gasteiger partial charge in [-0.1, -0.05) is 50.6 Å². The summed E-state index contributed by atoms with van der Waals surface area (Å²) in [6.45, 7) is 7.44. The molecule has 1 aliphatic heterocycles. The van der Waals surface area contributed by atoms with Gasteiger partial charge in [-0.05, 0) is 29.5 Å². The molecule has 0 bridgehead atoms. The Morgan fingerprint density at radius 2 is 1.92 bits per heavy atom. The number of nitrogens with zero attached hydrogens (tertiary/aromatic N) is 4. The number of carbonyl (C=O) groups excluding carboxylic acids is 2. The molecule has 0 spiro atoms. The Balaban J connectivity index is 1.17. The van der Waals surface area contributed by atoms with Crippen molar-refractivity contribution < 1.29 is 9.59 Å². The smallest absolute Gasteiger partial charge is 0.276 e. The normalized spacial score (nSPS) is 14.3.